The smallest absolute Gasteiger partial charge is 0.0604 e. The van der Waals surface area contributed by atoms with Crippen molar-refractivity contribution >= 4 is 37.5 Å². The highest BCUT2D eigenvalue weighted by Crippen LogP contribution is 2.25. The van der Waals surface area contributed by atoms with Gasteiger partial charge in [-0.2, -0.15) is 0 Å². The van der Waals surface area contributed by atoms with Crippen LogP contribution in [0.1, 0.15) is 0 Å². The molecule has 1 aromatic carbocycles. The quantitative estimate of drug-likeness (QED) is 0.898. The van der Waals surface area contributed by atoms with Crippen molar-refractivity contribution < 1.29 is 5.11 Å². The van der Waals surface area contributed by atoms with Gasteiger partial charge in [0.25, 0.3) is 0 Å². The highest BCUT2D eigenvalue weighted by atomic mass is 79.9. The van der Waals surface area contributed by atoms with Crippen LogP contribution >= 0.6 is 31.9 Å². The molecule has 0 radical (unpaired) electrons. The molecule has 0 unspecified atom stereocenters. The average molecular weight is 295 g/mol. The Morgan fingerprint density at radius 1 is 1.33 bits per heavy atom. The molecule has 1 aromatic rings. The van der Waals surface area contributed by atoms with Crippen molar-refractivity contribution in [3.05, 3.63) is 27.1 Å². The molecule has 0 fully saturated rings. The van der Waals surface area contributed by atoms with E-state index in [0.29, 0.717) is 6.54 Å². The zero-order valence-corrected chi connectivity index (χ0v) is 9.52. The molecule has 0 aliphatic rings. The van der Waals surface area contributed by atoms with Gasteiger partial charge < -0.3 is 10.4 Å². The zero-order valence-electron chi connectivity index (χ0n) is 6.35. The van der Waals surface area contributed by atoms with Crippen molar-refractivity contribution in [2.45, 2.75) is 0 Å². The number of nitrogens with one attached hydrogen (secondary N) is 1. The molecule has 0 amide bonds. The minimum Gasteiger partial charge on any atom is -0.395 e. The number of rotatable bonds is 3. The summed E-state index contributed by atoms with van der Waals surface area (Å²) in [7, 11) is 0. The number of hydrogen-bond acceptors (Lipinski definition) is 2. The Morgan fingerprint density at radius 2 is 2.08 bits per heavy atom. The lowest BCUT2D eigenvalue weighted by atomic mass is 10.3. The summed E-state index contributed by atoms with van der Waals surface area (Å²) in [5.41, 5.74) is 0.993. The van der Waals surface area contributed by atoms with Crippen LogP contribution in [-0.4, -0.2) is 18.3 Å². The van der Waals surface area contributed by atoms with Crippen LogP contribution in [0, 0.1) is 0 Å². The van der Waals surface area contributed by atoms with Crippen molar-refractivity contribution in [3.8, 4) is 0 Å². The first-order valence-electron chi connectivity index (χ1n) is 3.54. The molecule has 0 aliphatic carbocycles. The topological polar surface area (TPSA) is 32.3 Å². The first kappa shape index (κ1) is 10.0. The highest BCUT2D eigenvalue weighted by molar-refractivity contribution is 9.11. The first-order valence-corrected chi connectivity index (χ1v) is 5.12. The van der Waals surface area contributed by atoms with Crippen LogP contribution in [0.5, 0.6) is 0 Å². The maximum absolute atomic E-state index is 8.59. The van der Waals surface area contributed by atoms with Crippen LogP contribution in [0.15, 0.2) is 27.1 Å². The zero-order chi connectivity index (χ0) is 8.97. The summed E-state index contributed by atoms with van der Waals surface area (Å²) in [6.07, 6.45) is 0. The Bertz CT molecular complexity index is 265. The van der Waals surface area contributed by atoms with Gasteiger partial charge in [-0.1, -0.05) is 15.9 Å². The number of halogens is 2. The second-order valence-corrected chi connectivity index (χ2v) is 4.04. The molecule has 1 rings (SSSR count). The molecule has 0 atom stereocenters. The molecule has 0 saturated carbocycles. The molecule has 0 spiro atoms. The number of aliphatic hydroxyl groups is 1. The van der Waals surface area contributed by atoms with Crippen molar-refractivity contribution in [1.82, 2.24) is 0 Å². The van der Waals surface area contributed by atoms with Gasteiger partial charge in [-0.05, 0) is 34.1 Å². The van der Waals surface area contributed by atoms with Crippen LogP contribution in [0.2, 0.25) is 0 Å². The van der Waals surface area contributed by atoms with Crippen molar-refractivity contribution in [3.63, 3.8) is 0 Å². The Morgan fingerprint density at radius 3 is 2.67 bits per heavy atom. The molecule has 4 heteroatoms. The fraction of sp³-hybridized carbons (Fsp3) is 0.250. The van der Waals surface area contributed by atoms with Gasteiger partial charge in [0.1, 0.15) is 0 Å². The van der Waals surface area contributed by atoms with Crippen LogP contribution in [0.25, 0.3) is 0 Å². The van der Waals surface area contributed by atoms with Crippen LogP contribution in [0.4, 0.5) is 5.69 Å². The van der Waals surface area contributed by atoms with E-state index in [4.69, 9.17) is 5.11 Å². The molecule has 0 aromatic heterocycles. The largest absolute Gasteiger partial charge is 0.395 e. The van der Waals surface area contributed by atoms with E-state index in [1.807, 2.05) is 18.2 Å². The molecule has 66 valence electrons. The fourth-order valence-electron chi connectivity index (χ4n) is 0.823. The minimum absolute atomic E-state index is 0.141. The standard InChI is InChI=1S/C8H9Br2NO/c9-6-1-2-8(7(10)5-6)11-3-4-12/h1-2,5,11-12H,3-4H2. The molecule has 0 heterocycles. The second-order valence-electron chi connectivity index (χ2n) is 2.27. The molecular weight excluding hydrogens is 286 g/mol. The number of aliphatic hydroxyl groups excluding tert-OH is 1. The maximum atomic E-state index is 8.59. The molecule has 0 bridgehead atoms. The third-order valence-electron chi connectivity index (χ3n) is 1.36. The SMILES string of the molecule is OCCNc1ccc(Br)cc1Br. The number of hydrogen-bond donors (Lipinski definition) is 2. The van der Waals surface area contributed by atoms with E-state index in [2.05, 4.69) is 37.2 Å². The second kappa shape index (κ2) is 4.84. The van der Waals surface area contributed by atoms with Crippen LogP contribution in [-0.2, 0) is 0 Å². The van der Waals surface area contributed by atoms with Gasteiger partial charge in [-0.25, -0.2) is 0 Å². The van der Waals surface area contributed by atoms with Crippen molar-refractivity contribution in [1.29, 1.82) is 0 Å². The Balaban J connectivity index is 2.72. The Kier molecular flexibility index (Phi) is 4.05. The normalized spacial score (nSPS) is 9.92. The lowest BCUT2D eigenvalue weighted by Gasteiger charge is -2.06. The Hall–Kier alpha value is -0.0600. The predicted octanol–water partition coefficient (Wildman–Crippen LogP) is 2.62. The van der Waals surface area contributed by atoms with E-state index in [1.54, 1.807) is 0 Å². The van der Waals surface area contributed by atoms with Gasteiger partial charge in [-0.3, -0.25) is 0 Å². The van der Waals surface area contributed by atoms with Gasteiger partial charge in [0, 0.05) is 21.2 Å². The molecule has 0 aliphatic heterocycles. The summed E-state index contributed by atoms with van der Waals surface area (Å²) >= 11 is 6.76. The van der Waals surface area contributed by atoms with Crippen molar-refractivity contribution in [2.24, 2.45) is 0 Å². The van der Waals surface area contributed by atoms with Gasteiger partial charge in [0.2, 0.25) is 0 Å². The average Bonchev–Trinajstić information content (AvgIpc) is 2.03. The van der Waals surface area contributed by atoms with E-state index in [9.17, 15) is 0 Å². The first-order chi connectivity index (χ1) is 5.74. The summed E-state index contributed by atoms with van der Waals surface area (Å²) in [5.74, 6) is 0. The van der Waals surface area contributed by atoms with Gasteiger partial charge in [-0.15, -0.1) is 0 Å². The lowest BCUT2D eigenvalue weighted by molar-refractivity contribution is 0.311. The Labute approximate surface area is 88.2 Å². The van der Waals surface area contributed by atoms with Crippen LogP contribution < -0.4 is 5.32 Å². The summed E-state index contributed by atoms with van der Waals surface area (Å²) in [6.45, 7) is 0.711. The van der Waals surface area contributed by atoms with E-state index in [0.717, 1.165) is 14.6 Å². The molecule has 12 heavy (non-hydrogen) atoms. The monoisotopic (exact) mass is 293 g/mol. The summed E-state index contributed by atoms with van der Waals surface area (Å²) in [5, 5.41) is 11.7. The molecule has 2 nitrogen and oxygen atoms in total. The van der Waals surface area contributed by atoms with Crippen molar-refractivity contribution in [2.75, 3.05) is 18.5 Å². The van der Waals surface area contributed by atoms with E-state index in [-0.39, 0.29) is 6.61 Å². The third kappa shape index (κ3) is 2.77. The molecule has 0 saturated heterocycles. The third-order valence-corrected chi connectivity index (χ3v) is 2.51. The van der Waals surface area contributed by atoms with Gasteiger partial charge in [0.15, 0.2) is 0 Å². The summed E-state index contributed by atoms with van der Waals surface area (Å²) < 4.78 is 2.02. The summed E-state index contributed by atoms with van der Waals surface area (Å²) in [4.78, 5) is 0. The highest BCUT2D eigenvalue weighted by Gasteiger charge is 1.97. The lowest BCUT2D eigenvalue weighted by Crippen LogP contribution is -2.05. The fourth-order valence-corrected chi connectivity index (χ4v) is 2.01. The van der Waals surface area contributed by atoms with E-state index < -0.39 is 0 Å². The van der Waals surface area contributed by atoms with Crippen LogP contribution in [0.3, 0.4) is 0 Å². The number of benzene rings is 1. The van der Waals surface area contributed by atoms with E-state index >= 15 is 0 Å². The van der Waals surface area contributed by atoms with Gasteiger partial charge in [0.05, 0.1) is 6.61 Å². The predicted molar refractivity (Wildman–Crippen MR) is 57.4 cm³/mol. The molecule has 2 N–H and O–H groups in total. The van der Waals surface area contributed by atoms with E-state index in [1.165, 1.54) is 0 Å². The molecular formula is C8H9Br2NO. The maximum Gasteiger partial charge on any atom is 0.0604 e. The number of anilines is 1. The van der Waals surface area contributed by atoms with Gasteiger partial charge >= 0.3 is 0 Å². The minimum atomic E-state index is 0.141. The summed E-state index contributed by atoms with van der Waals surface area (Å²) in [6, 6.07) is 5.86.